The number of amides is 1. The van der Waals surface area contributed by atoms with Gasteiger partial charge in [0.1, 0.15) is 10.6 Å². The van der Waals surface area contributed by atoms with E-state index >= 15 is 0 Å². The van der Waals surface area contributed by atoms with Crippen LogP contribution < -0.4 is 14.9 Å². The Hall–Kier alpha value is -2.32. The number of sulfonamides is 1. The van der Waals surface area contributed by atoms with Crippen LogP contribution in [0.25, 0.3) is 0 Å². The molecule has 2 N–H and O–H groups in total. The second kappa shape index (κ2) is 7.06. The smallest absolute Gasteiger partial charge is 0.268 e. The first kappa shape index (κ1) is 18.0. The fraction of sp³-hybridized carbons (Fsp3) is 0.312. The van der Waals surface area contributed by atoms with Crippen molar-refractivity contribution in [3.8, 4) is 0 Å². The zero-order valence-electron chi connectivity index (χ0n) is 14.2. The number of carbonyl (C=O) groups is 1. The Morgan fingerprint density at radius 1 is 1.25 bits per heavy atom. The Labute approximate surface area is 142 Å². The molecular formula is C16H22N4O3S. The summed E-state index contributed by atoms with van der Waals surface area (Å²) in [5.74, 6) is -0.328. The second-order valence-corrected chi connectivity index (χ2v) is 7.51. The van der Waals surface area contributed by atoms with Crippen molar-refractivity contribution >= 4 is 21.6 Å². The highest BCUT2D eigenvalue weighted by atomic mass is 32.2. The average molecular weight is 350 g/mol. The summed E-state index contributed by atoms with van der Waals surface area (Å²) in [6.45, 7) is 0.361. The van der Waals surface area contributed by atoms with Gasteiger partial charge in [-0.15, -0.1) is 0 Å². The molecule has 1 amide bonds. The Morgan fingerprint density at radius 2 is 1.96 bits per heavy atom. The normalized spacial score (nSPS) is 11.3. The van der Waals surface area contributed by atoms with Crippen LogP contribution in [0.3, 0.4) is 0 Å². The van der Waals surface area contributed by atoms with Crippen molar-refractivity contribution in [3.05, 3.63) is 47.8 Å². The van der Waals surface area contributed by atoms with Gasteiger partial charge in [0.2, 0.25) is 10.0 Å². The zero-order valence-corrected chi connectivity index (χ0v) is 15.0. The SMILES string of the molecule is CNS(=O)(=O)c1cc(C(=O)NCc2cccc(N(C)C)c2)n(C)c1. The number of aromatic nitrogens is 1. The van der Waals surface area contributed by atoms with E-state index < -0.39 is 10.0 Å². The molecule has 8 heteroatoms. The van der Waals surface area contributed by atoms with E-state index in [1.165, 1.54) is 23.9 Å². The van der Waals surface area contributed by atoms with Gasteiger partial charge >= 0.3 is 0 Å². The minimum atomic E-state index is -3.57. The molecule has 1 heterocycles. The molecule has 2 rings (SSSR count). The molecule has 1 aromatic heterocycles. The summed E-state index contributed by atoms with van der Waals surface area (Å²) < 4.78 is 27.3. The number of rotatable bonds is 6. The van der Waals surface area contributed by atoms with Crippen molar-refractivity contribution in [2.75, 3.05) is 26.0 Å². The molecule has 0 saturated carbocycles. The number of nitrogens with zero attached hydrogens (tertiary/aromatic N) is 2. The van der Waals surface area contributed by atoms with E-state index in [1.54, 1.807) is 7.05 Å². The molecular weight excluding hydrogens is 328 g/mol. The fourth-order valence-electron chi connectivity index (χ4n) is 2.24. The minimum absolute atomic E-state index is 0.0623. The van der Waals surface area contributed by atoms with Crippen molar-refractivity contribution in [3.63, 3.8) is 0 Å². The molecule has 0 radical (unpaired) electrons. The van der Waals surface area contributed by atoms with Crippen molar-refractivity contribution in [1.82, 2.24) is 14.6 Å². The number of carbonyl (C=O) groups excluding carboxylic acids is 1. The summed E-state index contributed by atoms with van der Waals surface area (Å²) in [5.41, 5.74) is 2.29. The van der Waals surface area contributed by atoms with E-state index in [2.05, 4.69) is 10.0 Å². The molecule has 7 nitrogen and oxygen atoms in total. The Kier molecular flexibility index (Phi) is 5.30. The first-order valence-electron chi connectivity index (χ1n) is 7.39. The Balaban J connectivity index is 2.12. The van der Waals surface area contributed by atoms with E-state index in [4.69, 9.17) is 0 Å². The molecule has 0 atom stereocenters. The highest BCUT2D eigenvalue weighted by Gasteiger charge is 2.18. The van der Waals surface area contributed by atoms with E-state index in [0.717, 1.165) is 11.3 Å². The third-order valence-electron chi connectivity index (χ3n) is 3.67. The van der Waals surface area contributed by atoms with Gasteiger partial charge in [0.25, 0.3) is 5.91 Å². The minimum Gasteiger partial charge on any atom is -0.378 e. The second-order valence-electron chi connectivity index (χ2n) is 5.63. The van der Waals surface area contributed by atoms with E-state index in [1.807, 2.05) is 43.3 Å². The summed E-state index contributed by atoms with van der Waals surface area (Å²) in [7, 11) is 3.30. The summed E-state index contributed by atoms with van der Waals surface area (Å²) >= 11 is 0. The first-order valence-corrected chi connectivity index (χ1v) is 8.87. The quantitative estimate of drug-likeness (QED) is 0.812. The van der Waals surface area contributed by atoms with E-state index in [9.17, 15) is 13.2 Å². The first-order chi connectivity index (χ1) is 11.2. The van der Waals surface area contributed by atoms with Gasteiger partial charge in [0.15, 0.2) is 0 Å². The lowest BCUT2D eigenvalue weighted by Gasteiger charge is -2.14. The van der Waals surface area contributed by atoms with Crippen LogP contribution in [0.2, 0.25) is 0 Å². The van der Waals surface area contributed by atoms with Gasteiger partial charge in [-0.25, -0.2) is 13.1 Å². The number of aryl methyl sites for hydroxylation is 1. The number of anilines is 1. The van der Waals surface area contributed by atoms with Gasteiger partial charge in [0.05, 0.1) is 0 Å². The van der Waals surface area contributed by atoms with Gasteiger partial charge in [-0.3, -0.25) is 4.79 Å². The van der Waals surface area contributed by atoms with E-state index in [0.29, 0.717) is 6.54 Å². The maximum Gasteiger partial charge on any atom is 0.268 e. The summed E-state index contributed by atoms with van der Waals surface area (Å²) in [5, 5.41) is 2.81. The topological polar surface area (TPSA) is 83.4 Å². The van der Waals surface area contributed by atoms with Crippen LogP contribution in [0.15, 0.2) is 41.4 Å². The lowest BCUT2D eigenvalue weighted by Crippen LogP contribution is -2.25. The fourth-order valence-corrected chi connectivity index (χ4v) is 3.04. The predicted molar refractivity (Wildman–Crippen MR) is 93.6 cm³/mol. The summed E-state index contributed by atoms with van der Waals surface area (Å²) in [6.07, 6.45) is 1.41. The number of nitrogens with one attached hydrogen (secondary N) is 2. The lowest BCUT2D eigenvalue weighted by molar-refractivity contribution is 0.0942. The number of benzene rings is 1. The van der Waals surface area contributed by atoms with Crippen molar-refractivity contribution in [1.29, 1.82) is 0 Å². The molecule has 0 unspecified atom stereocenters. The zero-order chi connectivity index (χ0) is 17.9. The van der Waals surface area contributed by atoms with Crippen LogP contribution in [-0.4, -0.2) is 40.0 Å². The van der Waals surface area contributed by atoms with Gasteiger partial charge in [-0.1, -0.05) is 12.1 Å². The molecule has 0 fully saturated rings. The Bertz CT molecular complexity index is 841. The maximum absolute atomic E-state index is 12.3. The third-order valence-corrected chi connectivity index (χ3v) is 5.05. The van der Waals surface area contributed by atoms with Crippen LogP contribution in [0.1, 0.15) is 16.1 Å². The van der Waals surface area contributed by atoms with Crippen molar-refractivity contribution in [2.45, 2.75) is 11.4 Å². The monoisotopic (exact) mass is 350 g/mol. The summed E-state index contributed by atoms with van der Waals surface area (Å²) in [4.78, 5) is 14.4. The molecule has 0 bridgehead atoms. The molecule has 130 valence electrons. The average Bonchev–Trinajstić information content (AvgIpc) is 2.95. The Morgan fingerprint density at radius 3 is 2.58 bits per heavy atom. The number of hydrogen-bond donors (Lipinski definition) is 2. The van der Waals surface area contributed by atoms with Crippen LogP contribution in [0.4, 0.5) is 5.69 Å². The molecule has 1 aromatic carbocycles. The molecule has 24 heavy (non-hydrogen) atoms. The summed E-state index contributed by atoms with van der Waals surface area (Å²) in [6, 6.07) is 9.18. The molecule has 2 aromatic rings. The van der Waals surface area contributed by atoms with Crippen LogP contribution in [-0.2, 0) is 23.6 Å². The van der Waals surface area contributed by atoms with Gasteiger partial charge < -0.3 is 14.8 Å². The standard InChI is InChI=1S/C16H22N4O3S/c1-17-24(22,23)14-9-15(20(4)11-14)16(21)18-10-12-6-5-7-13(8-12)19(2)3/h5-9,11,17H,10H2,1-4H3,(H,18,21). The molecule has 0 spiro atoms. The van der Waals surface area contributed by atoms with Gasteiger partial charge in [-0.05, 0) is 30.8 Å². The van der Waals surface area contributed by atoms with Crippen molar-refractivity contribution in [2.24, 2.45) is 7.05 Å². The highest BCUT2D eigenvalue weighted by molar-refractivity contribution is 7.89. The lowest BCUT2D eigenvalue weighted by atomic mass is 10.2. The molecule has 0 aliphatic rings. The largest absolute Gasteiger partial charge is 0.378 e. The maximum atomic E-state index is 12.3. The van der Waals surface area contributed by atoms with E-state index in [-0.39, 0.29) is 16.5 Å². The van der Waals surface area contributed by atoms with Gasteiger partial charge in [-0.2, -0.15) is 0 Å². The predicted octanol–water partition coefficient (Wildman–Crippen LogP) is 0.929. The number of hydrogen-bond acceptors (Lipinski definition) is 4. The third kappa shape index (κ3) is 3.95. The highest BCUT2D eigenvalue weighted by Crippen LogP contribution is 2.15. The van der Waals surface area contributed by atoms with Crippen LogP contribution >= 0.6 is 0 Å². The van der Waals surface area contributed by atoms with Crippen LogP contribution in [0.5, 0.6) is 0 Å². The molecule has 0 aliphatic heterocycles. The van der Waals surface area contributed by atoms with Crippen LogP contribution in [0, 0.1) is 0 Å². The molecule has 0 aliphatic carbocycles. The molecule has 0 saturated heterocycles. The van der Waals surface area contributed by atoms with Gasteiger partial charge in [0, 0.05) is 39.6 Å². The van der Waals surface area contributed by atoms with Crippen molar-refractivity contribution < 1.29 is 13.2 Å².